The average molecular weight is 296 g/mol. The fourth-order valence-electron chi connectivity index (χ4n) is 1.98. The normalized spacial score (nSPS) is 15.4. The van der Waals surface area contributed by atoms with E-state index in [4.69, 9.17) is 6.42 Å². The lowest BCUT2D eigenvalue weighted by Crippen LogP contribution is -2.34. The maximum atomic E-state index is 12.7. The lowest BCUT2D eigenvalue weighted by atomic mass is 10.3. The minimum absolute atomic E-state index is 0.0957. The van der Waals surface area contributed by atoms with E-state index in [-0.39, 0.29) is 11.6 Å². The quantitative estimate of drug-likeness (QED) is 0.687. The molecule has 0 unspecified atom stereocenters. The first-order valence-corrected chi connectivity index (χ1v) is 8.20. The minimum atomic E-state index is -3.60. The Kier molecular flexibility index (Phi) is 4.81. The predicted molar refractivity (Wildman–Crippen MR) is 76.3 cm³/mol. The molecule has 0 aromatic carbocycles. The molecule has 0 atom stereocenters. The fraction of sp³-hybridized carbons (Fsp3) is 0.615. The van der Waals surface area contributed by atoms with Crippen LogP contribution in [0.2, 0.25) is 0 Å². The molecule has 1 aromatic rings. The molecule has 0 amide bonds. The number of nitrogens with one attached hydrogen (secondary N) is 2. The van der Waals surface area contributed by atoms with Gasteiger partial charge in [0.2, 0.25) is 0 Å². The zero-order valence-electron chi connectivity index (χ0n) is 11.6. The second-order valence-electron chi connectivity index (χ2n) is 4.95. The average Bonchev–Trinajstić information content (AvgIpc) is 3.10. The van der Waals surface area contributed by atoms with Gasteiger partial charge in [0.15, 0.2) is 5.03 Å². The van der Waals surface area contributed by atoms with Crippen LogP contribution in [0.1, 0.15) is 25.3 Å². The van der Waals surface area contributed by atoms with E-state index in [0.29, 0.717) is 24.6 Å². The van der Waals surface area contributed by atoms with Gasteiger partial charge in [0.05, 0.1) is 12.7 Å². The van der Waals surface area contributed by atoms with E-state index in [1.54, 1.807) is 6.20 Å². The van der Waals surface area contributed by atoms with E-state index in [2.05, 4.69) is 21.4 Å². The fourth-order valence-corrected chi connectivity index (χ4v) is 3.51. The number of rotatable bonds is 8. The van der Waals surface area contributed by atoms with Crippen LogP contribution in [0, 0.1) is 18.3 Å². The summed E-state index contributed by atoms with van der Waals surface area (Å²) >= 11 is 0. The van der Waals surface area contributed by atoms with Gasteiger partial charge in [-0.05, 0) is 25.3 Å². The maximum absolute atomic E-state index is 12.7. The van der Waals surface area contributed by atoms with Crippen molar-refractivity contribution in [2.24, 2.45) is 5.92 Å². The number of sulfonamides is 1. The smallest absolute Gasteiger partial charge is 0.261 e. The monoisotopic (exact) mass is 296 g/mol. The van der Waals surface area contributed by atoms with E-state index in [0.717, 1.165) is 19.4 Å². The van der Waals surface area contributed by atoms with Gasteiger partial charge < -0.3 is 5.32 Å². The largest absolute Gasteiger partial charge is 0.313 e. The lowest BCUT2D eigenvalue weighted by molar-refractivity contribution is 0.427. The third kappa shape index (κ3) is 3.39. The molecule has 1 aromatic heterocycles. The topological polar surface area (TPSA) is 78.1 Å². The molecule has 1 heterocycles. The van der Waals surface area contributed by atoms with Gasteiger partial charge in [0, 0.05) is 18.7 Å². The molecule has 0 saturated heterocycles. The van der Waals surface area contributed by atoms with Crippen LogP contribution in [-0.2, 0) is 16.6 Å². The maximum Gasteiger partial charge on any atom is 0.261 e. The molecular formula is C13H20N4O2S. The number of aromatic amines is 1. The van der Waals surface area contributed by atoms with E-state index in [9.17, 15) is 8.42 Å². The molecule has 1 aliphatic rings. The second kappa shape index (κ2) is 6.39. The number of hydrogen-bond donors (Lipinski definition) is 2. The van der Waals surface area contributed by atoms with Crippen molar-refractivity contribution in [1.82, 2.24) is 19.8 Å². The minimum Gasteiger partial charge on any atom is -0.313 e. The number of hydrogen-bond acceptors (Lipinski definition) is 4. The summed E-state index contributed by atoms with van der Waals surface area (Å²) in [4.78, 5) is 0. The number of aromatic nitrogens is 2. The van der Waals surface area contributed by atoms with Crippen LogP contribution in [-0.4, -0.2) is 42.6 Å². The Labute approximate surface area is 120 Å². The Morgan fingerprint density at radius 3 is 2.95 bits per heavy atom. The first-order valence-electron chi connectivity index (χ1n) is 6.76. The molecule has 1 fully saturated rings. The summed E-state index contributed by atoms with van der Waals surface area (Å²) in [5.41, 5.74) is 0.643. The molecule has 0 spiro atoms. The van der Waals surface area contributed by atoms with Crippen molar-refractivity contribution in [3.05, 3.63) is 11.8 Å². The van der Waals surface area contributed by atoms with Gasteiger partial charge in [0.25, 0.3) is 10.0 Å². The first kappa shape index (κ1) is 15.0. The molecule has 0 bridgehead atoms. The Balaban J connectivity index is 2.22. The van der Waals surface area contributed by atoms with Gasteiger partial charge in [-0.2, -0.15) is 9.40 Å². The van der Waals surface area contributed by atoms with Crippen molar-refractivity contribution < 1.29 is 8.42 Å². The molecular weight excluding hydrogens is 276 g/mol. The Bertz CT molecular complexity index is 584. The molecule has 0 aliphatic heterocycles. The van der Waals surface area contributed by atoms with E-state index < -0.39 is 10.0 Å². The summed E-state index contributed by atoms with van der Waals surface area (Å²) in [7, 11) is -3.60. The van der Waals surface area contributed by atoms with Crippen molar-refractivity contribution in [2.45, 2.75) is 31.3 Å². The van der Waals surface area contributed by atoms with Crippen LogP contribution in [0.3, 0.4) is 0 Å². The predicted octanol–water partition coefficient (Wildman–Crippen LogP) is 0.553. The Hall–Kier alpha value is -1.36. The highest BCUT2D eigenvalue weighted by Crippen LogP contribution is 2.31. The highest BCUT2D eigenvalue weighted by Gasteiger charge is 2.33. The zero-order valence-corrected chi connectivity index (χ0v) is 12.4. The molecule has 1 aliphatic carbocycles. The van der Waals surface area contributed by atoms with Crippen molar-refractivity contribution in [3.8, 4) is 12.3 Å². The van der Waals surface area contributed by atoms with Gasteiger partial charge in [0.1, 0.15) is 0 Å². The summed E-state index contributed by atoms with van der Waals surface area (Å²) in [5, 5.41) is 9.71. The highest BCUT2D eigenvalue weighted by molar-refractivity contribution is 7.89. The summed E-state index contributed by atoms with van der Waals surface area (Å²) < 4.78 is 26.7. The van der Waals surface area contributed by atoms with Gasteiger partial charge in [-0.3, -0.25) is 5.10 Å². The molecule has 1 saturated carbocycles. The molecule has 0 radical (unpaired) electrons. The molecule has 7 heteroatoms. The van der Waals surface area contributed by atoms with Crippen molar-refractivity contribution >= 4 is 10.0 Å². The summed E-state index contributed by atoms with van der Waals surface area (Å²) in [6.45, 7) is 3.78. The summed E-state index contributed by atoms with van der Waals surface area (Å²) in [5.74, 6) is 2.87. The molecule has 6 nitrogen and oxygen atoms in total. The van der Waals surface area contributed by atoms with Crippen LogP contribution in [0.4, 0.5) is 0 Å². The van der Waals surface area contributed by atoms with Crippen LogP contribution >= 0.6 is 0 Å². The molecule has 110 valence electrons. The summed E-state index contributed by atoms with van der Waals surface area (Å²) in [6.07, 6.45) is 8.99. The Morgan fingerprint density at radius 2 is 2.35 bits per heavy atom. The van der Waals surface area contributed by atoms with Gasteiger partial charge >= 0.3 is 0 Å². The lowest BCUT2D eigenvalue weighted by Gasteiger charge is -2.19. The first-order chi connectivity index (χ1) is 9.59. The van der Waals surface area contributed by atoms with Crippen LogP contribution < -0.4 is 5.32 Å². The van der Waals surface area contributed by atoms with E-state index in [1.807, 2.05) is 6.92 Å². The van der Waals surface area contributed by atoms with Crippen LogP contribution in [0.25, 0.3) is 0 Å². The summed E-state index contributed by atoms with van der Waals surface area (Å²) in [6, 6.07) is 0. The van der Waals surface area contributed by atoms with Crippen molar-refractivity contribution in [3.63, 3.8) is 0 Å². The standard InChI is InChI=1S/C13H20N4O2S/c1-3-7-17(10-11-5-6-11)20(18,19)13-12(8-14-4-2)9-15-16-13/h1,9,11,14H,4-8,10H2,2H3,(H,15,16). The Morgan fingerprint density at radius 1 is 1.60 bits per heavy atom. The van der Waals surface area contributed by atoms with Crippen LogP contribution in [0.5, 0.6) is 0 Å². The molecule has 20 heavy (non-hydrogen) atoms. The number of terminal acetylenes is 1. The second-order valence-corrected chi connectivity index (χ2v) is 6.82. The highest BCUT2D eigenvalue weighted by atomic mass is 32.2. The van der Waals surface area contributed by atoms with Gasteiger partial charge in [-0.1, -0.05) is 12.8 Å². The van der Waals surface area contributed by atoms with E-state index >= 15 is 0 Å². The number of H-pyrrole nitrogens is 1. The third-order valence-corrected chi connectivity index (χ3v) is 5.10. The van der Waals surface area contributed by atoms with E-state index in [1.165, 1.54) is 4.31 Å². The number of nitrogens with zero attached hydrogens (tertiary/aromatic N) is 2. The SMILES string of the molecule is C#CCN(CC1CC1)S(=O)(=O)c1[nH]ncc1CNCC. The van der Waals surface area contributed by atoms with Crippen LogP contribution in [0.15, 0.2) is 11.2 Å². The van der Waals surface area contributed by atoms with Gasteiger partial charge in [-0.15, -0.1) is 6.42 Å². The van der Waals surface area contributed by atoms with Gasteiger partial charge in [-0.25, -0.2) is 8.42 Å². The zero-order chi connectivity index (χ0) is 14.6. The molecule has 2 rings (SSSR count). The van der Waals surface area contributed by atoms with Crippen molar-refractivity contribution in [1.29, 1.82) is 0 Å². The third-order valence-electron chi connectivity index (χ3n) is 3.27. The van der Waals surface area contributed by atoms with Crippen molar-refractivity contribution in [2.75, 3.05) is 19.6 Å². The molecule has 2 N–H and O–H groups in total.